The molecule has 1 aliphatic heterocycles. The standard InChI is InChI=1S/C21H35N3O2/c1-4-9-19(5-2)22-21(25)20-17-26-15-14-24(20)13-12-23(3)16-18-10-7-6-8-11-18/h6-8,10-11,19-20H,4-5,9,12-17H2,1-3H3,(H,22,25). The van der Waals surface area contributed by atoms with Crippen LogP contribution in [0.4, 0.5) is 0 Å². The molecule has 0 aromatic heterocycles. The van der Waals surface area contributed by atoms with Gasteiger partial charge in [0.1, 0.15) is 6.04 Å². The second-order valence-corrected chi connectivity index (χ2v) is 7.25. The third-order valence-electron chi connectivity index (χ3n) is 5.08. The fourth-order valence-electron chi connectivity index (χ4n) is 3.44. The first-order chi connectivity index (χ1) is 12.6. The SMILES string of the molecule is CCCC(CC)NC(=O)C1COCCN1CCN(C)Cc1ccccc1. The van der Waals surface area contributed by atoms with Crippen LogP contribution in [-0.2, 0) is 16.1 Å². The van der Waals surface area contributed by atoms with Crippen LogP contribution in [0.3, 0.4) is 0 Å². The molecule has 1 saturated heterocycles. The zero-order valence-electron chi connectivity index (χ0n) is 16.6. The molecular formula is C21H35N3O2. The Balaban J connectivity index is 1.84. The molecule has 5 nitrogen and oxygen atoms in total. The van der Waals surface area contributed by atoms with E-state index in [4.69, 9.17) is 4.74 Å². The molecule has 1 N–H and O–H groups in total. The van der Waals surface area contributed by atoms with Crippen molar-refractivity contribution in [2.75, 3.05) is 39.9 Å². The summed E-state index contributed by atoms with van der Waals surface area (Å²) in [6.07, 6.45) is 3.11. The third-order valence-corrected chi connectivity index (χ3v) is 5.08. The van der Waals surface area contributed by atoms with E-state index in [1.165, 1.54) is 5.56 Å². The molecule has 0 aliphatic carbocycles. The summed E-state index contributed by atoms with van der Waals surface area (Å²) in [6.45, 7) is 9.06. The number of carbonyl (C=O) groups is 1. The number of hydrogen-bond donors (Lipinski definition) is 1. The van der Waals surface area contributed by atoms with E-state index in [1.54, 1.807) is 0 Å². The molecular weight excluding hydrogens is 326 g/mol. The minimum Gasteiger partial charge on any atom is -0.378 e. The van der Waals surface area contributed by atoms with E-state index >= 15 is 0 Å². The molecule has 1 aliphatic rings. The van der Waals surface area contributed by atoms with Crippen molar-refractivity contribution in [3.8, 4) is 0 Å². The Morgan fingerprint density at radius 1 is 1.35 bits per heavy atom. The molecule has 2 rings (SSSR count). The monoisotopic (exact) mass is 361 g/mol. The molecule has 2 atom stereocenters. The minimum absolute atomic E-state index is 0.121. The van der Waals surface area contributed by atoms with Gasteiger partial charge in [0.25, 0.3) is 0 Å². The Bertz CT molecular complexity index is 523. The van der Waals surface area contributed by atoms with Crippen LogP contribution >= 0.6 is 0 Å². The number of carbonyl (C=O) groups excluding carboxylic acids is 1. The molecule has 1 heterocycles. The quantitative estimate of drug-likeness (QED) is 0.695. The van der Waals surface area contributed by atoms with Gasteiger partial charge in [-0.15, -0.1) is 0 Å². The van der Waals surface area contributed by atoms with Gasteiger partial charge in [0, 0.05) is 32.2 Å². The average molecular weight is 362 g/mol. The number of rotatable bonds is 10. The van der Waals surface area contributed by atoms with Gasteiger partial charge in [-0.2, -0.15) is 0 Å². The van der Waals surface area contributed by atoms with Crippen molar-refractivity contribution >= 4 is 5.91 Å². The maximum atomic E-state index is 12.7. The summed E-state index contributed by atoms with van der Waals surface area (Å²) in [7, 11) is 2.14. The van der Waals surface area contributed by atoms with Crippen LogP contribution in [0.25, 0.3) is 0 Å². The Morgan fingerprint density at radius 3 is 2.81 bits per heavy atom. The largest absolute Gasteiger partial charge is 0.378 e. The number of nitrogens with zero attached hydrogens (tertiary/aromatic N) is 2. The lowest BCUT2D eigenvalue weighted by molar-refractivity contribution is -0.133. The molecule has 0 bridgehead atoms. The zero-order valence-corrected chi connectivity index (χ0v) is 16.6. The molecule has 5 heteroatoms. The highest BCUT2D eigenvalue weighted by Gasteiger charge is 2.30. The Labute approximate surface area is 158 Å². The van der Waals surface area contributed by atoms with Crippen molar-refractivity contribution in [2.24, 2.45) is 0 Å². The molecule has 0 spiro atoms. The summed E-state index contributed by atoms with van der Waals surface area (Å²) >= 11 is 0. The van der Waals surface area contributed by atoms with Gasteiger partial charge in [0.15, 0.2) is 0 Å². The van der Waals surface area contributed by atoms with E-state index in [1.807, 2.05) is 6.07 Å². The number of amides is 1. The van der Waals surface area contributed by atoms with Crippen LogP contribution in [0.1, 0.15) is 38.7 Å². The number of benzene rings is 1. The van der Waals surface area contributed by atoms with E-state index in [0.29, 0.717) is 13.2 Å². The first kappa shape index (κ1) is 20.9. The lowest BCUT2D eigenvalue weighted by Crippen LogP contribution is -2.56. The summed E-state index contributed by atoms with van der Waals surface area (Å²) < 4.78 is 5.60. The summed E-state index contributed by atoms with van der Waals surface area (Å²) in [6, 6.07) is 10.6. The van der Waals surface area contributed by atoms with Crippen LogP contribution in [0.2, 0.25) is 0 Å². The van der Waals surface area contributed by atoms with Crippen LogP contribution in [0.5, 0.6) is 0 Å². The number of ether oxygens (including phenoxy) is 1. The summed E-state index contributed by atoms with van der Waals surface area (Å²) in [5, 5.41) is 3.22. The van der Waals surface area contributed by atoms with Crippen molar-refractivity contribution < 1.29 is 9.53 Å². The van der Waals surface area contributed by atoms with Gasteiger partial charge in [-0.25, -0.2) is 0 Å². The molecule has 1 amide bonds. The van der Waals surface area contributed by atoms with Gasteiger partial charge in [0.05, 0.1) is 13.2 Å². The number of nitrogens with one attached hydrogen (secondary N) is 1. The maximum Gasteiger partial charge on any atom is 0.239 e. The van der Waals surface area contributed by atoms with Crippen molar-refractivity contribution in [2.45, 2.75) is 51.7 Å². The van der Waals surface area contributed by atoms with Crippen LogP contribution in [0.15, 0.2) is 30.3 Å². The van der Waals surface area contributed by atoms with E-state index < -0.39 is 0 Å². The molecule has 2 unspecified atom stereocenters. The van der Waals surface area contributed by atoms with Gasteiger partial charge in [-0.1, -0.05) is 50.6 Å². The van der Waals surface area contributed by atoms with Crippen molar-refractivity contribution in [3.63, 3.8) is 0 Å². The fourth-order valence-corrected chi connectivity index (χ4v) is 3.44. The van der Waals surface area contributed by atoms with E-state index in [0.717, 1.165) is 45.4 Å². The third kappa shape index (κ3) is 6.71. The molecule has 0 saturated carbocycles. The summed E-state index contributed by atoms with van der Waals surface area (Å²) in [4.78, 5) is 17.3. The predicted molar refractivity (Wildman–Crippen MR) is 106 cm³/mol. The van der Waals surface area contributed by atoms with Crippen molar-refractivity contribution in [3.05, 3.63) is 35.9 Å². The molecule has 1 fully saturated rings. The molecule has 146 valence electrons. The highest BCUT2D eigenvalue weighted by molar-refractivity contribution is 5.82. The van der Waals surface area contributed by atoms with E-state index in [9.17, 15) is 4.79 Å². The lowest BCUT2D eigenvalue weighted by atomic mass is 10.1. The summed E-state index contributed by atoms with van der Waals surface area (Å²) in [5.74, 6) is 0.121. The summed E-state index contributed by atoms with van der Waals surface area (Å²) in [5.41, 5.74) is 1.32. The van der Waals surface area contributed by atoms with Crippen LogP contribution in [0, 0.1) is 0 Å². The second-order valence-electron chi connectivity index (χ2n) is 7.25. The van der Waals surface area contributed by atoms with E-state index in [-0.39, 0.29) is 18.0 Å². The molecule has 1 aromatic rings. The fraction of sp³-hybridized carbons (Fsp3) is 0.667. The normalized spacial score (nSPS) is 19.5. The number of likely N-dealkylation sites (N-methyl/N-ethyl adjacent to an activating group) is 1. The number of hydrogen-bond acceptors (Lipinski definition) is 4. The Hall–Kier alpha value is -1.43. The highest BCUT2D eigenvalue weighted by Crippen LogP contribution is 2.10. The average Bonchev–Trinajstić information content (AvgIpc) is 2.67. The zero-order chi connectivity index (χ0) is 18.8. The lowest BCUT2D eigenvalue weighted by Gasteiger charge is -2.36. The van der Waals surface area contributed by atoms with Crippen molar-refractivity contribution in [1.82, 2.24) is 15.1 Å². The smallest absolute Gasteiger partial charge is 0.239 e. The van der Waals surface area contributed by atoms with Crippen LogP contribution in [-0.4, -0.2) is 67.7 Å². The maximum absolute atomic E-state index is 12.7. The van der Waals surface area contributed by atoms with Crippen molar-refractivity contribution in [1.29, 1.82) is 0 Å². The highest BCUT2D eigenvalue weighted by atomic mass is 16.5. The predicted octanol–water partition coefficient (Wildman–Crippen LogP) is 2.51. The molecule has 26 heavy (non-hydrogen) atoms. The topological polar surface area (TPSA) is 44.8 Å². The number of morpholine rings is 1. The second kappa shape index (κ2) is 11.3. The van der Waals surface area contributed by atoms with Crippen LogP contribution < -0.4 is 5.32 Å². The Morgan fingerprint density at radius 2 is 2.12 bits per heavy atom. The minimum atomic E-state index is -0.167. The Kier molecular flexibility index (Phi) is 9.09. The first-order valence-corrected chi connectivity index (χ1v) is 9.98. The van der Waals surface area contributed by atoms with Gasteiger partial charge in [-0.05, 0) is 25.5 Å². The van der Waals surface area contributed by atoms with Gasteiger partial charge >= 0.3 is 0 Å². The van der Waals surface area contributed by atoms with Gasteiger partial charge in [-0.3, -0.25) is 9.69 Å². The molecule has 1 aromatic carbocycles. The van der Waals surface area contributed by atoms with E-state index in [2.05, 4.69) is 60.3 Å². The van der Waals surface area contributed by atoms with Gasteiger partial charge < -0.3 is 15.0 Å². The molecule has 0 radical (unpaired) electrons. The van der Waals surface area contributed by atoms with Gasteiger partial charge in [0.2, 0.25) is 5.91 Å². The first-order valence-electron chi connectivity index (χ1n) is 9.98.